The summed E-state index contributed by atoms with van der Waals surface area (Å²) in [4.78, 5) is 2.16. The Kier molecular flexibility index (Phi) is 6.52. The highest BCUT2D eigenvalue weighted by atomic mass is 32.2. The Bertz CT molecular complexity index is 592. The zero-order chi connectivity index (χ0) is 16.9. The van der Waals surface area contributed by atoms with Crippen molar-refractivity contribution >= 4 is 10.0 Å². The predicted molar refractivity (Wildman–Crippen MR) is 88.2 cm³/mol. The van der Waals surface area contributed by atoms with Crippen LogP contribution in [0.15, 0.2) is 24.3 Å². The minimum absolute atomic E-state index is 0.0378. The van der Waals surface area contributed by atoms with E-state index in [1.807, 2.05) is 7.05 Å². The highest BCUT2D eigenvalue weighted by molar-refractivity contribution is 7.89. The van der Waals surface area contributed by atoms with E-state index in [4.69, 9.17) is 4.74 Å². The summed E-state index contributed by atoms with van der Waals surface area (Å²) in [5, 5.41) is 0. The van der Waals surface area contributed by atoms with Crippen molar-refractivity contribution in [2.24, 2.45) is 0 Å². The summed E-state index contributed by atoms with van der Waals surface area (Å²) < 4.78 is 44.3. The Hall–Kier alpha value is -1.02. The van der Waals surface area contributed by atoms with Gasteiger partial charge in [0.2, 0.25) is 10.0 Å². The number of sulfonamides is 1. The van der Waals surface area contributed by atoms with Crippen molar-refractivity contribution in [3.63, 3.8) is 0 Å². The molecule has 0 spiro atoms. The molecule has 7 heteroatoms. The molecular weight excluding hydrogens is 319 g/mol. The van der Waals surface area contributed by atoms with E-state index in [-0.39, 0.29) is 17.7 Å². The Morgan fingerprint density at radius 2 is 2.04 bits per heavy atom. The summed E-state index contributed by atoms with van der Waals surface area (Å²) in [6.45, 7) is 3.33. The van der Waals surface area contributed by atoms with Crippen LogP contribution in [0.4, 0.5) is 4.39 Å². The molecule has 1 aliphatic heterocycles. The molecule has 0 unspecified atom stereocenters. The molecule has 1 fully saturated rings. The van der Waals surface area contributed by atoms with Crippen LogP contribution in [-0.2, 0) is 14.8 Å². The Morgan fingerprint density at radius 3 is 2.70 bits per heavy atom. The van der Waals surface area contributed by atoms with Crippen LogP contribution in [-0.4, -0.2) is 51.9 Å². The molecule has 0 saturated carbocycles. The van der Waals surface area contributed by atoms with E-state index in [2.05, 4.69) is 9.62 Å². The highest BCUT2D eigenvalue weighted by Crippen LogP contribution is 2.30. The maximum absolute atomic E-state index is 13.0. The van der Waals surface area contributed by atoms with Crippen molar-refractivity contribution < 1.29 is 17.5 Å². The van der Waals surface area contributed by atoms with Crippen LogP contribution in [0, 0.1) is 5.82 Å². The molecule has 1 heterocycles. The lowest BCUT2D eigenvalue weighted by atomic mass is 9.96. The summed E-state index contributed by atoms with van der Waals surface area (Å²) in [6.07, 6.45) is 1.70. The molecule has 2 rings (SSSR count). The smallest absolute Gasteiger partial charge is 0.211 e. The fourth-order valence-corrected chi connectivity index (χ4v) is 3.36. The average Bonchev–Trinajstić information content (AvgIpc) is 2.55. The molecule has 5 nitrogen and oxygen atoms in total. The lowest BCUT2D eigenvalue weighted by Crippen LogP contribution is -2.42. The van der Waals surface area contributed by atoms with Crippen molar-refractivity contribution in [1.29, 1.82) is 0 Å². The molecular formula is C16H25FN2O3S. The fraction of sp³-hybridized carbons (Fsp3) is 0.625. The van der Waals surface area contributed by atoms with E-state index in [0.29, 0.717) is 25.7 Å². The first-order chi connectivity index (χ1) is 10.9. The van der Waals surface area contributed by atoms with Gasteiger partial charge in [-0.3, -0.25) is 0 Å². The molecule has 1 saturated heterocycles. The van der Waals surface area contributed by atoms with Gasteiger partial charge in [-0.25, -0.2) is 17.5 Å². The molecule has 0 aliphatic carbocycles. The van der Waals surface area contributed by atoms with Crippen molar-refractivity contribution in [3.05, 3.63) is 35.6 Å². The molecule has 0 radical (unpaired) electrons. The maximum atomic E-state index is 13.0. The molecule has 1 aromatic rings. The van der Waals surface area contributed by atoms with E-state index in [9.17, 15) is 12.8 Å². The highest BCUT2D eigenvalue weighted by Gasteiger charge is 2.26. The van der Waals surface area contributed by atoms with Gasteiger partial charge in [-0.2, -0.15) is 0 Å². The first-order valence-corrected chi connectivity index (χ1v) is 9.61. The van der Waals surface area contributed by atoms with Gasteiger partial charge in [-0.15, -0.1) is 0 Å². The zero-order valence-corrected chi connectivity index (χ0v) is 14.5. The molecule has 0 amide bonds. The van der Waals surface area contributed by atoms with Crippen molar-refractivity contribution in [3.8, 4) is 0 Å². The largest absolute Gasteiger partial charge is 0.373 e. The minimum Gasteiger partial charge on any atom is -0.373 e. The topological polar surface area (TPSA) is 58.6 Å². The van der Waals surface area contributed by atoms with Gasteiger partial charge >= 0.3 is 0 Å². The van der Waals surface area contributed by atoms with E-state index in [1.165, 1.54) is 12.1 Å². The number of halogens is 1. The van der Waals surface area contributed by atoms with Gasteiger partial charge in [-0.05, 0) is 44.5 Å². The third-order valence-electron chi connectivity index (χ3n) is 4.29. The monoisotopic (exact) mass is 344 g/mol. The van der Waals surface area contributed by atoms with Gasteiger partial charge < -0.3 is 9.64 Å². The van der Waals surface area contributed by atoms with E-state index < -0.39 is 10.0 Å². The molecule has 23 heavy (non-hydrogen) atoms. The normalized spacial score (nSPS) is 22.4. The second kappa shape index (κ2) is 8.19. The summed E-state index contributed by atoms with van der Waals surface area (Å²) in [5.74, 6) is -0.151. The molecule has 2 atom stereocenters. The second-order valence-corrected chi connectivity index (χ2v) is 7.96. The number of hydrogen-bond acceptors (Lipinski definition) is 4. The van der Waals surface area contributed by atoms with Gasteiger partial charge in [0, 0.05) is 25.7 Å². The number of rotatable bonds is 7. The van der Waals surface area contributed by atoms with Gasteiger partial charge in [0.15, 0.2) is 0 Å². The van der Waals surface area contributed by atoms with E-state index in [0.717, 1.165) is 18.4 Å². The number of benzene rings is 1. The summed E-state index contributed by atoms with van der Waals surface area (Å²) >= 11 is 0. The maximum Gasteiger partial charge on any atom is 0.211 e. The van der Waals surface area contributed by atoms with E-state index in [1.54, 1.807) is 19.1 Å². The van der Waals surface area contributed by atoms with Gasteiger partial charge in [0.05, 0.1) is 11.9 Å². The van der Waals surface area contributed by atoms with Crippen molar-refractivity contribution in [1.82, 2.24) is 9.62 Å². The summed E-state index contributed by atoms with van der Waals surface area (Å²) in [6, 6.07) is 6.75. The Labute approximate surface area is 137 Å². The van der Waals surface area contributed by atoms with Crippen LogP contribution >= 0.6 is 0 Å². The van der Waals surface area contributed by atoms with Crippen LogP contribution in [0.2, 0.25) is 0 Å². The first kappa shape index (κ1) is 18.3. The molecule has 130 valence electrons. The average molecular weight is 344 g/mol. The van der Waals surface area contributed by atoms with Gasteiger partial charge in [0.25, 0.3) is 0 Å². The third-order valence-corrected chi connectivity index (χ3v) is 5.69. The SMILES string of the molecule is CCS(=O)(=O)NCCN(C)[C@@H]1CCO[C@@H](c2ccc(F)cc2)C1. The number of ether oxygens (including phenoxy) is 1. The number of hydrogen-bond donors (Lipinski definition) is 1. The second-order valence-electron chi connectivity index (χ2n) is 5.87. The van der Waals surface area contributed by atoms with Crippen molar-refractivity contribution in [2.75, 3.05) is 32.5 Å². The fourth-order valence-electron chi connectivity index (χ4n) is 2.75. The van der Waals surface area contributed by atoms with Crippen LogP contribution in [0.5, 0.6) is 0 Å². The predicted octanol–water partition coefficient (Wildman–Crippen LogP) is 1.92. The summed E-state index contributed by atoms with van der Waals surface area (Å²) in [7, 11) is -1.14. The molecule has 1 aliphatic rings. The quantitative estimate of drug-likeness (QED) is 0.821. The number of likely N-dealkylation sites (N-methyl/N-ethyl adjacent to an activating group) is 1. The first-order valence-electron chi connectivity index (χ1n) is 7.96. The lowest BCUT2D eigenvalue weighted by Gasteiger charge is -2.35. The minimum atomic E-state index is -3.14. The van der Waals surface area contributed by atoms with Crippen molar-refractivity contribution in [2.45, 2.75) is 31.9 Å². The lowest BCUT2D eigenvalue weighted by molar-refractivity contribution is -0.0229. The molecule has 0 bridgehead atoms. The van der Waals surface area contributed by atoms with Crippen LogP contribution < -0.4 is 4.72 Å². The zero-order valence-electron chi connectivity index (χ0n) is 13.7. The van der Waals surface area contributed by atoms with Crippen LogP contribution in [0.1, 0.15) is 31.4 Å². The van der Waals surface area contributed by atoms with Crippen LogP contribution in [0.25, 0.3) is 0 Å². The van der Waals surface area contributed by atoms with E-state index >= 15 is 0 Å². The third kappa shape index (κ3) is 5.53. The summed E-state index contributed by atoms with van der Waals surface area (Å²) in [5.41, 5.74) is 0.983. The molecule has 1 aromatic carbocycles. The Balaban J connectivity index is 1.86. The van der Waals surface area contributed by atoms with Gasteiger partial charge in [0.1, 0.15) is 5.82 Å². The standard InChI is InChI=1S/C16H25FN2O3S/c1-3-23(20,21)18-9-10-19(2)15-8-11-22-16(12-15)13-4-6-14(17)7-5-13/h4-7,15-16,18H,3,8-12H2,1-2H3/t15-,16-/m1/s1. The number of nitrogens with zero attached hydrogens (tertiary/aromatic N) is 1. The van der Waals surface area contributed by atoms with Crippen LogP contribution in [0.3, 0.4) is 0 Å². The van der Waals surface area contributed by atoms with Gasteiger partial charge in [-0.1, -0.05) is 12.1 Å². The number of nitrogens with one attached hydrogen (secondary N) is 1. The molecule has 0 aromatic heterocycles. The Morgan fingerprint density at radius 1 is 1.35 bits per heavy atom. The molecule has 1 N–H and O–H groups in total.